The molecule has 0 saturated carbocycles. The van der Waals surface area contributed by atoms with Crippen LogP contribution in [0.15, 0.2) is 77.8 Å². The number of amides is 1. The van der Waals surface area contributed by atoms with Gasteiger partial charge in [0.1, 0.15) is 17.4 Å². The molecule has 3 aromatic carbocycles. The van der Waals surface area contributed by atoms with Crippen molar-refractivity contribution in [3.8, 4) is 11.5 Å². The topological polar surface area (TPSA) is 59.9 Å². The van der Waals surface area contributed by atoms with E-state index in [1.807, 2.05) is 55.5 Å². The van der Waals surface area contributed by atoms with Gasteiger partial charge in [-0.25, -0.2) is 9.38 Å². The lowest BCUT2D eigenvalue weighted by Crippen LogP contribution is -2.27. The number of hydrogen-bond acceptors (Lipinski definition) is 5. The zero-order valence-electron chi connectivity index (χ0n) is 24.6. The number of fused-ring (bicyclic) bond motifs is 1. The van der Waals surface area contributed by atoms with Crippen molar-refractivity contribution in [2.45, 2.75) is 53.6 Å². The molecule has 7 heteroatoms. The van der Waals surface area contributed by atoms with Crippen LogP contribution in [0.1, 0.15) is 66.0 Å². The van der Waals surface area contributed by atoms with Crippen molar-refractivity contribution in [2.75, 3.05) is 11.9 Å². The van der Waals surface area contributed by atoms with E-state index in [1.165, 1.54) is 17.0 Å². The third-order valence-corrected chi connectivity index (χ3v) is 8.80. The Morgan fingerprint density at radius 1 is 1.05 bits per heavy atom. The molecule has 1 aliphatic rings. The first-order valence-corrected chi connectivity index (χ1v) is 15.2. The maximum absolute atomic E-state index is 13.6. The molecular weight excluding hydrogens is 547 g/mol. The minimum Gasteiger partial charge on any atom is -0.490 e. The van der Waals surface area contributed by atoms with E-state index in [9.17, 15) is 9.18 Å². The Morgan fingerprint density at radius 2 is 1.81 bits per heavy atom. The van der Waals surface area contributed by atoms with E-state index in [1.54, 1.807) is 29.7 Å². The Morgan fingerprint density at radius 3 is 2.52 bits per heavy atom. The molecule has 1 amide bonds. The van der Waals surface area contributed by atoms with Gasteiger partial charge in [0.05, 0.1) is 12.2 Å². The van der Waals surface area contributed by atoms with Gasteiger partial charge in [-0.15, -0.1) is 11.3 Å². The molecule has 42 heavy (non-hydrogen) atoms. The van der Waals surface area contributed by atoms with Crippen molar-refractivity contribution in [1.82, 2.24) is 0 Å². The summed E-state index contributed by atoms with van der Waals surface area (Å²) in [7, 11) is 0. The van der Waals surface area contributed by atoms with E-state index >= 15 is 0 Å². The molecule has 1 atom stereocenters. The van der Waals surface area contributed by atoms with Crippen molar-refractivity contribution in [3.05, 3.63) is 106 Å². The summed E-state index contributed by atoms with van der Waals surface area (Å²) in [5, 5.41) is 3.79. The summed E-state index contributed by atoms with van der Waals surface area (Å²) in [5.74, 6) is 1.35. The van der Waals surface area contributed by atoms with Gasteiger partial charge < -0.3 is 14.8 Å². The van der Waals surface area contributed by atoms with E-state index in [2.05, 4.69) is 26.1 Å². The fraction of sp³-hybridized carbons (Fsp3) is 0.314. The Kier molecular flexibility index (Phi) is 9.07. The van der Waals surface area contributed by atoms with Gasteiger partial charge in [-0.1, -0.05) is 51.1 Å². The van der Waals surface area contributed by atoms with Gasteiger partial charge in [-0.05, 0) is 96.7 Å². The molecule has 0 saturated heterocycles. The average molecular weight is 585 g/mol. The minimum atomic E-state index is -0.279. The quantitative estimate of drug-likeness (QED) is 0.200. The Balaban J connectivity index is 1.42. The van der Waals surface area contributed by atoms with Crippen LogP contribution >= 0.6 is 11.3 Å². The monoisotopic (exact) mass is 584 g/mol. The number of thiophene rings is 1. The van der Waals surface area contributed by atoms with Gasteiger partial charge >= 0.3 is 0 Å². The molecule has 0 aliphatic heterocycles. The van der Waals surface area contributed by atoms with Crippen LogP contribution in [0.4, 0.5) is 15.1 Å². The van der Waals surface area contributed by atoms with Gasteiger partial charge in [0.25, 0.3) is 5.91 Å². The van der Waals surface area contributed by atoms with Crippen molar-refractivity contribution >= 4 is 34.1 Å². The Hall–Kier alpha value is -3.97. The summed E-state index contributed by atoms with van der Waals surface area (Å²) >= 11 is 1.62. The van der Waals surface area contributed by atoms with Crippen molar-refractivity contribution in [3.63, 3.8) is 0 Å². The lowest BCUT2D eigenvalue weighted by molar-refractivity contribution is 0.102. The van der Waals surface area contributed by atoms with Crippen molar-refractivity contribution < 1.29 is 18.7 Å². The standard InChI is InChI=1S/C35H37FN2O3S/c1-5-40-30-19-24(13-18-29(30)41-22-23-11-15-26(36)16-12-23)21-37-34-32(33(39)38-27-9-7-6-8-10-27)28-17-14-25(35(2,3)4)20-31(28)42-34/h6-13,15-16,18-19,21,25H,5,14,17,20,22H2,1-4H3,(H,38,39)/t25-/m0/s1. The predicted molar refractivity (Wildman–Crippen MR) is 169 cm³/mol. The van der Waals surface area contributed by atoms with E-state index in [0.29, 0.717) is 36.2 Å². The summed E-state index contributed by atoms with van der Waals surface area (Å²) in [6, 6.07) is 21.4. The number of ether oxygens (including phenoxy) is 2. The van der Waals surface area contributed by atoms with Crippen LogP contribution in [0.2, 0.25) is 0 Å². The average Bonchev–Trinajstić information content (AvgIpc) is 3.34. The van der Waals surface area contributed by atoms with Gasteiger partial charge in [-0.3, -0.25) is 4.79 Å². The van der Waals surface area contributed by atoms with Crippen LogP contribution in [0.3, 0.4) is 0 Å². The number of rotatable bonds is 9. The van der Waals surface area contributed by atoms with E-state index in [4.69, 9.17) is 14.5 Å². The smallest absolute Gasteiger partial charge is 0.259 e. The number of carbonyl (C=O) groups is 1. The maximum Gasteiger partial charge on any atom is 0.259 e. The zero-order chi connectivity index (χ0) is 29.7. The molecule has 1 N–H and O–H groups in total. The Labute approximate surface area is 251 Å². The normalized spacial score (nSPS) is 14.9. The number of halogens is 1. The van der Waals surface area contributed by atoms with Gasteiger partial charge in [0, 0.05) is 16.8 Å². The van der Waals surface area contributed by atoms with Crippen LogP contribution in [-0.4, -0.2) is 18.7 Å². The fourth-order valence-electron chi connectivity index (χ4n) is 5.22. The molecule has 0 radical (unpaired) electrons. The largest absolute Gasteiger partial charge is 0.490 e. The van der Waals surface area contributed by atoms with Crippen molar-refractivity contribution in [2.24, 2.45) is 16.3 Å². The van der Waals surface area contributed by atoms with Gasteiger partial charge in [0.15, 0.2) is 11.5 Å². The first-order valence-electron chi connectivity index (χ1n) is 14.4. The Bertz CT molecular complexity index is 1560. The molecule has 1 aliphatic carbocycles. The molecule has 1 aromatic heterocycles. The molecular formula is C35H37FN2O3S. The molecule has 0 unspecified atom stereocenters. The molecule has 5 rings (SSSR count). The van der Waals surface area contributed by atoms with E-state index in [0.717, 1.165) is 46.6 Å². The second kappa shape index (κ2) is 12.9. The number of benzene rings is 3. The second-order valence-electron chi connectivity index (χ2n) is 11.6. The van der Waals surface area contributed by atoms with Crippen molar-refractivity contribution in [1.29, 1.82) is 0 Å². The van der Waals surface area contributed by atoms with Gasteiger partial charge in [-0.2, -0.15) is 0 Å². The number of hydrogen-bond donors (Lipinski definition) is 1. The SMILES string of the molecule is CCOc1cc(C=Nc2sc3c(c2C(=O)Nc2ccccc2)CC[C@H](C(C)(C)C)C3)ccc1OCc1ccc(F)cc1. The number of aliphatic imine (C=N–C) groups is 1. The first kappa shape index (κ1) is 29.5. The third-order valence-electron chi connectivity index (χ3n) is 7.64. The minimum absolute atomic E-state index is 0.125. The number of nitrogens with zero attached hydrogens (tertiary/aromatic N) is 1. The summed E-state index contributed by atoms with van der Waals surface area (Å²) in [5.41, 5.74) is 4.46. The highest BCUT2D eigenvalue weighted by Crippen LogP contribution is 2.45. The number of para-hydroxylation sites is 1. The molecule has 1 heterocycles. The molecule has 5 nitrogen and oxygen atoms in total. The van der Waals surface area contributed by atoms with Crippen LogP contribution in [-0.2, 0) is 19.4 Å². The van der Waals surface area contributed by atoms with E-state index in [-0.39, 0.29) is 17.1 Å². The second-order valence-corrected chi connectivity index (χ2v) is 12.7. The molecule has 218 valence electrons. The lowest BCUT2D eigenvalue weighted by atomic mass is 9.72. The molecule has 0 bridgehead atoms. The highest BCUT2D eigenvalue weighted by atomic mass is 32.1. The fourth-order valence-corrected chi connectivity index (χ4v) is 6.49. The number of nitrogens with one attached hydrogen (secondary N) is 1. The summed E-state index contributed by atoms with van der Waals surface area (Å²) < 4.78 is 25.1. The molecule has 0 fully saturated rings. The summed E-state index contributed by atoms with van der Waals surface area (Å²) in [6.07, 6.45) is 4.66. The molecule has 4 aromatic rings. The number of anilines is 1. The van der Waals surface area contributed by atoms with Crippen LogP contribution < -0.4 is 14.8 Å². The summed E-state index contributed by atoms with van der Waals surface area (Å²) in [4.78, 5) is 19.7. The van der Waals surface area contributed by atoms with Crippen LogP contribution in [0.5, 0.6) is 11.5 Å². The zero-order valence-corrected chi connectivity index (χ0v) is 25.4. The summed E-state index contributed by atoms with van der Waals surface area (Å²) in [6.45, 7) is 9.57. The lowest BCUT2D eigenvalue weighted by Gasteiger charge is -2.33. The highest BCUT2D eigenvalue weighted by molar-refractivity contribution is 7.16. The number of carbonyl (C=O) groups excluding carboxylic acids is 1. The third kappa shape index (κ3) is 7.08. The predicted octanol–water partition coefficient (Wildman–Crippen LogP) is 9.02. The maximum atomic E-state index is 13.6. The van der Waals surface area contributed by atoms with E-state index < -0.39 is 0 Å². The van der Waals surface area contributed by atoms with Crippen LogP contribution in [0.25, 0.3) is 0 Å². The highest BCUT2D eigenvalue weighted by Gasteiger charge is 2.33. The van der Waals surface area contributed by atoms with Gasteiger partial charge in [0.2, 0.25) is 0 Å². The first-order chi connectivity index (χ1) is 20.2. The molecule has 0 spiro atoms. The van der Waals surface area contributed by atoms with Crippen LogP contribution in [0, 0.1) is 17.2 Å².